The maximum atomic E-state index is 9.09. The lowest BCUT2D eigenvalue weighted by Gasteiger charge is -2.20. The van der Waals surface area contributed by atoms with Crippen molar-refractivity contribution in [1.29, 1.82) is 5.26 Å². The van der Waals surface area contributed by atoms with Crippen molar-refractivity contribution in [3.8, 4) is 6.07 Å². The summed E-state index contributed by atoms with van der Waals surface area (Å²) in [6.45, 7) is 4.46. The molecule has 0 unspecified atom stereocenters. The van der Waals surface area contributed by atoms with Gasteiger partial charge in [-0.2, -0.15) is 5.26 Å². The summed E-state index contributed by atoms with van der Waals surface area (Å²) in [5, 5.41) is 12.5. The van der Waals surface area contributed by atoms with Gasteiger partial charge >= 0.3 is 0 Å². The number of anilines is 1. The molecule has 3 nitrogen and oxygen atoms in total. The van der Waals surface area contributed by atoms with Crippen molar-refractivity contribution in [2.45, 2.75) is 0 Å². The number of nitriles is 1. The number of rotatable bonds is 1. The SMILES string of the molecule is N#Cc1ccccc1N1C[C@H]2CNC[C@H]2C1. The smallest absolute Gasteiger partial charge is 0.101 e. The lowest BCUT2D eigenvalue weighted by atomic mass is 10.0. The first-order valence-electron chi connectivity index (χ1n) is 5.83. The molecule has 1 N–H and O–H groups in total. The Kier molecular flexibility index (Phi) is 2.30. The molecule has 0 aromatic heterocycles. The fourth-order valence-corrected chi connectivity index (χ4v) is 2.90. The van der Waals surface area contributed by atoms with E-state index in [9.17, 15) is 0 Å². The first-order chi connectivity index (χ1) is 7.88. The molecular weight excluding hydrogens is 198 g/mol. The predicted octanol–water partition coefficient (Wildman–Crippen LogP) is 1.21. The monoisotopic (exact) mass is 213 g/mol. The summed E-state index contributed by atoms with van der Waals surface area (Å²) in [4.78, 5) is 2.37. The molecule has 2 saturated heterocycles. The molecule has 0 spiro atoms. The van der Waals surface area contributed by atoms with E-state index in [-0.39, 0.29) is 0 Å². The molecule has 3 heteroatoms. The number of benzene rings is 1. The highest BCUT2D eigenvalue weighted by Crippen LogP contribution is 2.31. The van der Waals surface area contributed by atoms with Gasteiger partial charge in [-0.15, -0.1) is 0 Å². The Hall–Kier alpha value is -1.53. The number of nitrogens with zero attached hydrogens (tertiary/aromatic N) is 2. The second-order valence-corrected chi connectivity index (χ2v) is 4.71. The topological polar surface area (TPSA) is 39.1 Å². The minimum atomic E-state index is 0.770. The molecule has 2 heterocycles. The minimum Gasteiger partial charge on any atom is -0.370 e. The van der Waals surface area contributed by atoms with Crippen LogP contribution >= 0.6 is 0 Å². The van der Waals surface area contributed by atoms with E-state index >= 15 is 0 Å². The van der Waals surface area contributed by atoms with Crippen LogP contribution in [0.25, 0.3) is 0 Å². The summed E-state index contributed by atoms with van der Waals surface area (Å²) in [5.41, 5.74) is 1.91. The van der Waals surface area contributed by atoms with E-state index < -0.39 is 0 Å². The number of hydrogen-bond donors (Lipinski definition) is 1. The third kappa shape index (κ3) is 1.46. The quantitative estimate of drug-likeness (QED) is 0.762. The summed E-state index contributed by atoms with van der Waals surface area (Å²) < 4.78 is 0. The van der Waals surface area contributed by atoms with Crippen LogP contribution in [0.4, 0.5) is 5.69 Å². The van der Waals surface area contributed by atoms with Crippen LogP contribution < -0.4 is 10.2 Å². The molecule has 0 bridgehead atoms. The van der Waals surface area contributed by atoms with Gasteiger partial charge in [0.1, 0.15) is 6.07 Å². The highest BCUT2D eigenvalue weighted by Gasteiger charge is 2.36. The standard InChI is InChI=1S/C13H15N3/c14-5-10-3-1-2-4-13(10)16-8-11-6-15-7-12(11)9-16/h1-4,11-12,15H,6-9H2/t11-,12+. The first kappa shape index (κ1) is 9.68. The number of hydrogen-bond acceptors (Lipinski definition) is 3. The molecule has 0 aliphatic carbocycles. The van der Waals surface area contributed by atoms with Gasteiger partial charge in [0.05, 0.1) is 11.3 Å². The molecule has 1 aromatic carbocycles. The molecule has 0 radical (unpaired) electrons. The summed E-state index contributed by atoms with van der Waals surface area (Å²) >= 11 is 0. The maximum Gasteiger partial charge on any atom is 0.101 e. The minimum absolute atomic E-state index is 0.770. The van der Waals surface area contributed by atoms with Crippen molar-refractivity contribution in [1.82, 2.24) is 5.32 Å². The fourth-order valence-electron chi connectivity index (χ4n) is 2.90. The van der Waals surface area contributed by atoms with Crippen LogP contribution in [0.5, 0.6) is 0 Å². The van der Waals surface area contributed by atoms with Gasteiger partial charge in [0, 0.05) is 26.2 Å². The summed E-state index contributed by atoms with van der Waals surface area (Å²) in [5.74, 6) is 1.54. The molecule has 2 aliphatic heterocycles. The zero-order valence-corrected chi connectivity index (χ0v) is 9.19. The average molecular weight is 213 g/mol. The summed E-state index contributed by atoms with van der Waals surface area (Å²) in [7, 11) is 0. The van der Waals surface area contributed by atoms with Gasteiger partial charge < -0.3 is 10.2 Å². The zero-order valence-electron chi connectivity index (χ0n) is 9.19. The van der Waals surface area contributed by atoms with Crippen molar-refractivity contribution >= 4 is 5.69 Å². The van der Waals surface area contributed by atoms with Crippen LogP contribution in [0.1, 0.15) is 5.56 Å². The fraction of sp³-hybridized carbons (Fsp3) is 0.462. The molecule has 3 rings (SSSR count). The van der Waals surface area contributed by atoms with Crippen molar-refractivity contribution in [3.05, 3.63) is 29.8 Å². The molecule has 16 heavy (non-hydrogen) atoms. The van der Waals surface area contributed by atoms with Gasteiger partial charge in [0.25, 0.3) is 0 Å². The van der Waals surface area contributed by atoms with Gasteiger partial charge in [0.15, 0.2) is 0 Å². The van der Waals surface area contributed by atoms with E-state index in [0.717, 1.165) is 49.3 Å². The molecule has 2 aliphatic rings. The predicted molar refractivity (Wildman–Crippen MR) is 63.2 cm³/mol. The number of nitrogens with one attached hydrogen (secondary N) is 1. The van der Waals surface area contributed by atoms with Crippen molar-refractivity contribution in [3.63, 3.8) is 0 Å². The maximum absolute atomic E-state index is 9.09. The van der Waals surface area contributed by atoms with Crippen LogP contribution in [-0.2, 0) is 0 Å². The molecule has 0 amide bonds. The van der Waals surface area contributed by atoms with E-state index in [1.165, 1.54) is 0 Å². The number of fused-ring (bicyclic) bond motifs is 1. The molecule has 2 atom stereocenters. The molecule has 0 saturated carbocycles. The third-order valence-electron chi connectivity index (χ3n) is 3.75. The second-order valence-electron chi connectivity index (χ2n) is 4.71. The Labute approximate surface area is 95.7 Å². The Morgan fingerprint density at radius 1 is 1.19 bits per heavy atom. The van der Waals surface area contributed by atoms with Gasteiger partial charge in [-0.05, 0) is 24.0 Å². The largest absolute Gasteiger partial charge is 0.370 e. The van der Waals surface area contributed by atoms with Gasteiger partial charge in [-0.1, -0.05) is 12.1 Å². The Morgan fingerprint density at radius 2 is 1.88 bits per heavy atom. The Morgan fingerprint density at radius 3 is 2.56 bits per heavy atom. The van der Waals surface area contributed by atoms with Crippen LogP contribution in [0.15, 0.2) is 24.3 Å². The lowest BCUT2D eigenvalue weighted by molar-refractivity contribution is 0.533. The second kappa shape index (κ2) is 3.80. The highest BCUT2D eigenvalue weighted by atomic mass is 15.2. The van der Waals surface area contributed by atoms with Crippen LogP contribution in [0, 0.1) is 23.2 Å². The molecule has 1 aromatic rings. The molecule has 2 fully saturated rings. The van der Waals surface area contributed by atoms with Crippen molar-refractivity contribution < 1.29 is 0 Å². The van der Waals surface area contributed by atoms with E-state index in [4.69, 9.17) is 5.26 Å². The zero-order chi connectivity index (χ0) is 11.0. The highest BCUT2D eigenvalue weighted by molar-refractivity contribution is 5.60. The molecule has 82 valence electrons. The Balaban J connectivity index is 1.86. The van der Waals surface area contributed by atoms with E-state index in [2.05, 4.69) is 22.4 Å². The van der Waals surface area contributed by atoms with E-state index in [0.29, 0.717) is 0 Å². The van der Waals surface area contributed by atoms with E-state index in [1.807, 2.05) is 18.2 Å². The van der Waals surface area contributed by atoms with E-state index in [1.54, 1.807) is 0 Å². The van der Waals surface area contributed by atoms with Gasteiger partial charge in [-0.3, -0.25) is 0 Å². The Bertz CT molecular complexity index is 423. The van der Waals surface area contributed by atoms with Crippen molar-refractivity contribution in [2.24, 2.45) is 11.8 Å². The van der Waals surface area contributed by atoms with Gasteiger partial charge in [0.2, 0.25) is 0 Å². The molecular formula is C13H15N3. The normalized spacial score (nSPS) is 27.8. The number of para-hydroxylation sites is 1. The average Bonchev–Trinajstić information content (AvgIpc) is 2.89. The third-order valence-corrected chi connectivity index (χ3v) is 3.75. The van der Waals surface area contributed by atoms with Crippen molar-refractivity contribution in [2.75, 3.05) is 31.1 Å². The lowest BCUT2D eigenvalue weighted by Crippen LogP contribution is -2.25. The van der Waals surface area contributed by atoms with Gasteiger partial charge in [-0.25, -0.2) is 0 Å². The van der Waals surface area contributed by atoms with Crippen LogP contribution in [0.3, 0.4) is 0 Å². The van der Waals surface area contributed by atoms with Crippen LogP contribution in [0.2, 0.25) is 0 Å². The summed E-state index contributed by atoms with van der Waals surface area (Å²) in [6, 6.07) is 10.2. The summed E-state index contributed by atoms with van der Waals surface area (Å²) in [6.07, 6.45) is 0. The first-order valence-corrected chi connectivity index (χ1v) is 5.83. The van der Waals surface area contributed by atoms with Crippen LogP contribution in [-0.4, -0.2) is 26.2 Å².